The number of alkyl halides is 2. The Hall–Kier alpha value is -1.43. The lowest BCUT2D eigenvalue weighted by Gasteiger charge is -1.99. The minimum absolute atomic E-state index is 0.434. The number of hydrogen-bond donors (Lipinski definition) is 0. The SMILES string of the molecule is O=[N+]([O-])/C=C/c1ccc(SC(F)F)cc1. The van der Waals surface area contributed by atoms with Crippen molar-refractivity contribution in [3.8, 4) is 0 Å². The van der Waals surface area contributed by atoms with E-state index in [1.54, 1.807) is 12.1 Å². The van der Waals surface area contributed by atoms with Gasteiger partial charge < -0.3 is 0 Å². The molecule has 0 atom stereocenters. The first kappa shape index (κ1) is 11.6. The average Bonchev–Trinajstić information content (AvgIpc) is 2.16. The summed E-state index contributed by atoms with van der Waals surface area (Å²) in [6.07, 6.45) is 2.10. The van der Waals surface area contributed by atoms with Crippen LogP contribution in [0.3, 0.4) is 0 Å². The Morgan fingerprint density at radius 1 is 1.33 bits per heavy atom. The highest BCUT2D eigenvalue weighted by molar-refractivity contribution is 7.99. The third-order valence-electron chi connectivity index (χ3n) is 1.49. The van der Waals surface area contributed by atoms with Crippen LogP contribution in [0.1, 0.15) is 5.56 Å². The number of thioether (sulfide) groups is 1. The maximum atomic E-state index is 11.9. The molecule has 0 heterocycles. The molecule has 0 fully saturated rings. The normalized spacial score (nSPS) is 11.1. The van der Waals surface area contributed by atoms with Crippen LogP contribution in [-0.2, 0) is 0 Å². The summed E-state index contributed by atoms with van der Waals surface area (Å²) in [6, 6.07) is 6.09. The fraction of sp³-hybridized carbons (Fsp3) is 0.111. The lowest BCUT2D eigenvalue weighted by molar-refractivity contribution is -0.400. The molecule has 15 heavy (non-hydrogen) atoms. The van der Waals surface area contributed by atoms with Gasteiger partial charge in [0.15, 0.2) is 0 Å². The summed E-state index contributed by atoms with van der Waals surface area (Å²) in [4.78, 5) is 9.85. The number of nitrogens with zero attached hydrogens (tertiary/aromatic N) is 1. The Labute approximate surface area is 88.9 Å². The van der Waals surface area contributed by atoms with Crippen molar-refractivity contribution in [1.29, 1.82) is 0 Å². The van der Waals surface area contributed by atoms with Gasteiger partial charge in [0.25, 0.3) is 5.76 Å². The van der Waals surface area contributed by atoms with Gasteiger partial charge in [-0.25, -0.2) is 0 Å². The van der Waals surface area contributed by atoms with Gasteiger partial charge in [-0.1, -0.05) is 23.9 Å². The van der Waals surface area contributed by atoms with Crippen molar-refractivity contribution in [2.24, 2.45) is 0 Å². The molecule has 6 heteroatoms. The molecule has 0 aromatic heterocycles. The van der Waals surface area contributed by atoms with Crippen LogP contribution in [-0.4, -0.2) is 10.7 Å². The first-order valence-electron chi connectivity index (χ1n) is 3.94. The number of nitro groups is 1. The highest BCUT2D eigenvalue weighted by Crippen LogP contribution is 2.25. The molecule has 0 aliphatic carbocycles. The Morgan fingerprint density at radius 2 is 1.93 bits per heavy atom. The molecule has 1 aromatic rings. The molecule has 80 valence electrons. The monoisotopic (exact) mass is 231 g/mol. The number of halogens is 2. The van der Waals surface area contributed by atoms with Gasteiger partial charge in [0.1, 0.15) is 0 Å². The van der Waals surface area contributed by atoms with Gasteiger partial charge >= 0.3 is 0 Å². The predicted molar refractivity (Wildman–Crippen MR) is 54.3 cm³/mol. The lowest BCUT2D eigenvalue weighted by atomic mass is 10.2. The van der Waals surface area contributed by atoms with Gasteiger partial charge in [0, 0.05) is 11.0 Å². The van der Waals surface area contributed by atoms with E-state index in [9.17, 15) is 18.9 Å². The van der Waals surface area contributed by atoms with Crippen molar-refractivity contribution in [3.63, 3.8) is 0 Å². The molecule has 1 rings (SSSR count). The van der Waals surface area contributed by atoms with E-state index in [4.69, 9.17) is 0 Å². The molecule has 0 radical (unpaired) electrons. The summed E-state index contributed by atoms with van der Waals surface area (Å²) >= 11 is 0.440. The predicted octanol–water partition coefficient (Wildman–Crippen LogP) is 3.25. The van der Waals surface area contributed by atoms with Crippen LogP contribution < -0.4 is 0 Å². The van der Waals surface area contributed by atoms with Crippen LogP contribution in [0.2, 0.25) is 0 Å². The quantitative estimate of drug-likeness (QED) is 0.454. The molecule has 0 spiro atoms. The highest BCUT2D eigenvalue weighted by atomic mass is 32.2. The van der Waals surface area contributed by atoms with E-state index in [0.29, 0.717) is 22.2 Å². The largest absolute Gasteiger partial charge is 0.288 e. The van der Waals surface area contributed by atoms with Crippen molar-refractivity contribution >= 4 is 17.8 Å². The Kier molecular flexibility index (Phi) is 4.23. The Balaban J connectivity index is 2.68. The van der Waals surface area contributed by atoms with Gasteiger partial charge in [-0.15, -0.1) is 0 Å². The number of benzene rings is 1. The van der Waals surface area contributed by atoms with E-state index in [-0.39, 0.29) is 0 Å². The minimum Gasteiger partial charge on any atom is -0.259 e. The van der Waals surface area contributed by atoms with Crippen LogP contribution in [0.15, 0.2) is 35.4 Å². The first-order chi connectivity index (χ1) is 7.08. The zero-order valence-corrected chi connectivity index (χ0v) is 8.29. The van der Waals surface area contributed by atoms with E-state index < -0.39 is 10.7 Å². The standard InChI is InChI=1S/C9H7F2NO2S/c10-9(11)15-8-3-1-7(2-4-8)5-6-12(13)14/h1-6,9H/b6-5+. The van der Waals surface area contributed by atoms with Gasteiger partial charge in [0.05, 0.1) is 4.92 Å². The topological polar surface area (TPSA) is 43.1 Å². The Bertz CT molecular complexity index is 365. The van der Waals surface area contributed by atoms with Crippen LogP contribution in [0.4, 0.5) is 8.78 Å². The van der Waals surface area contributed by atoms with E-state index in [0.717, 1.165) is 6.20 Å². The maximum Gasteiger partial charge on any atom is 0.288 e. The summed E-state index contributed by atoms with van der Waals surface area (Å²) < 4.78 is 23.9. The second-order valence-corrected chi connectivity index (χ2v) is 3.61. The summed E-state index contributed by atoms with van der Waals surface area (Å²) in [5.41, 5.74) is 0.602. The molecule has 0 amide bonds. The zero-order chi connectivity index (χ0) is 11.3. The molecule has 3 nitrogen and oxygen atoms in total. The van der Waals surface area contributed by atoms with Crippen molar-refractivity contribution in [2.45, 2.75) is 10.7 Å². The summed E-state index contributed by atoms with van der Waals surface area (Å²) in [7, 11) is 0. The van der Waals surface area contributed by atoms with E-state index in [1.165, 1.54) is 18.2 Å². The molecule has 0 unspecified atom stereocenters. The summed E-state index contributed by atoms with van der Waals surface area (Å²) in [5.74, 6) is -2.45. The van der Waals surface area contributed by atoms with Crippen molar-refractivity contribution in [3.05, 3.63) is 46.1 Å². The summed E-state index contributed by atoms with van der Waals surface area (Å²) in [5, 5.41) is 10.0. The second-order valence-electron chi connectivity index (χ2n) is 2.55. The molecule has 0 bridgehead atoms. The van der Waals surface area contributed by atoms with Gasteiger partial charge in [-0.05, 0) is 17.7 Å². The van der Waals surface area contributed by atoms with Gasteiger partial charge in [-0.3, -0.25) is 10.1 Å². The molecular formula is C9H7F2NO2S. The van der Waals surface area contributed by atoms with E-state index in [2.05, 4.69) is 0 Å². The first-order valence-corrected chi connectivity index (χ1v) is 4.82. The molecule has 0 aliphatic rings. The molecule has 1 aromatic carbocycles. The maximum absolute atomic E-state index is 11.9. The van der Waals surface area contributed by atoms with Crippen LogP contribution in [0, 0.1) is 10.1 Å². The van der Waals surface area contributed by atoms with E-state index in [1.807, 2.05) is 0 Å². The van der Waals surface area contributed by atoms with Crippen LogP contribution >= 0.6 is 11.8 Å². The number of hydrogen-bond acceptors (Lipinski definition) is 3. The minimum atomic E-state index is -2.45. The van der Waals surface area contributed by atoms with Crippen LogP contribution in [0.25, 0.3) is 6.08 Å². The zero-order valence-electron chi connectivity index (χ0n) is 7.47. The Morgan fingerprint density at radius 3 is 2.40 bits per heavy atom. The van der Waals surface area contributed by atoms with Crippen molar-refractivity contribution in [2.75, 3.05) is 0 Å². The fourth-order valence-corrected chi connectivity index (χ4v) is 1.41. The second kappa shape index (κ2) is 5.45. The molecule has 0 saturated heterocycles. The van der Waals surface area contributed by atoms with Crippen molar-refractivity contribution in [1.82, 2.24) is 0 Å². The number of rotatable bonds is 4. The smallest absolute Gasteiger partial charge is 0.259 e. The van der Waals surface area contributed by atoms with Crippen molar-refractivity contribution < 1.29 is 13.7 Å². The average molecular weight is 231 g/mol. The molecule has 0 N–H and O–H groups in total. The lowest BCUT2D eigenvalue weighted by Crippen LogP contribution is -1.83. The van der Waals surface area contributed by atoms with Gasteiger partial charge in [0.2, 0.25) is 6.20 Å². The third-order valence-corrected chi connectivity index (χ3v) is 2.22. The molecule has 0 saturated carbocycles. The van der Waals surface area contributed by atoms with Crippen LogP contribution in [0.5, 0.6) is 0 Å². The fourth-order valence-electron chi connectivity index (χ4n) is 0.907. The molecular weight excluding hydrogens is 224 g/mol. The molecule has 0 aliphatic heterocycles. The highest BCUT2D eigenvalue weighted by Gasteiger charge is 2.04. The van der Waals surface area contributed by atoms with E-state index >= 15 is 0 Å². The summed E-state index contributed by atoms with van der Waals surface area (Å²) in [6.45, 7) is 0. The third kappa shape index (κ3) is 4.55. The van der Waals surface area contributed by atoms with Gasteiger partial charge in [-0.2, -0.15) is 8.78 Å².